The summed E-state index contributed by atoms with van der Waals surface area (Å²) in [4.78, 5) is 41.0. The molecule has 0 radical (unpaired) electrons. The number of carbonyl (C=O) groups excluding carboxylic acids is 2. The number of esters is 1. The van der Waals surface area contributed by atoms with E-state index in [4.69, 9.17) is 0 Å². The lowest BCUT2D eigenvalue weighted by atomic mass is 10.2. The summed E-state index contributed by atoms with van der Waals surface area (Å²) < 4.78 is 5.93. The highest BCUT2D eigenvalue weighted by Crippen LogP contribution is 2.32. The maximum atomic E-state index is 12.7. The van der Waals surface area contributed by atoms with E-state index in [-0.39, 0.29) is 29.8 Å². The van der Waals surface area contributed by atoms with E-state index in [9.17, 15) is 14.4 Å². The van der Waals surface area contributed by atoms with Gasteiger partial charge in [0.15, 0.2) is 5.16 Å². The number of para-hydroxylation sites is 1. The van der Waals surface area contributed by atoms with E-state index in [1.54, 1.807) is 24.3 Å². The molecule has 26 heavy (non-hydrogen) atoms. The number of rotatable bonds is 7. The molecule has 1 N–H and O–H groups in total. The van der Waals surface area contributed by atoms with Gasteiger partial charge in [0, 0.05) is 6.04 Å². The minimum atomic E-state index is -0.544. The molecule has 1 aliphatic carbocycles. The molecule has 0 unspecified atom stereocenters. The molecule has 1 amide bonds. The van der Waals surface area contributed by atoms with Crippen molar-refractivity contribution in [1.82, 2.24) is 14.9 Å². The van der Waals surface area contributed by atoms with Gasteiger partial charge in [-0.25, -0.2) is 4.98 Å². The van der Waals surface area contributed by atoms with Crippen molar-refractivity contribution in [2.24, 2.45) is 5.92 Å². The molecule has 8 heteroatoms. The maximum Gasteiger partial charge on any atom is 0.325 e. The molecule has 0 saturated heterocycles. The van der Waals surface area contributed by atoms with Gasteiger partial charge in [-0.05, 0) is 37.8 Å². The average Bonchev–Trinajstić information content (AvgIpc) is 3.47. The van der Waals surface area contributed by atoms with Gasteiger partial charge in [-0.3, -0.25) is 19.0 Å². The Morgan fingerprint density at radius 2 is 2.12 bits per heavy atom. The van der Waals surface area contributed by atoms with Crippen molar-refractivity contribution in [2.75, 3.05) is 12.9 Å². The summed E-state index contributed by atoms with van der Waals surface area (Å²) in [6, 6.07) is 7.09. The fourth-order valence-electron chi connectivity index (χ4n) is 2.73. The molecule has 0 aliphatic heterocycles. The van der Waals surface area contributed by atoms with Crippen molar-refractivity contribution in [2.45, 2.75) is 37.5 Å². The summed E-state index contributed by atoms with van der Waals surface area (Å²) in [6.07, 6.45) is 2.30. The zero-order chi connectivity index (χ0) is 18.7. The lowest BCUT2D eigenvalue weighted by Gasteiger charge is -2.14. The Hall–Kier alpha value is -2.35. The number of ether oxygens (including phenoxy) is 1. The number of aromatic nitrogens is 2. The van der Waals surface area contributed by atoms with E-state index < -0.39 is 5.97 Å². The summed E-state index contributed by atoms with van der Waals surface area (Å²) in [6.45, 7) is 1.76. The number of hydrogen-bond donors (Lipinski definition) is 1. The number of hydrogen-bond acceptors (Lipinski definition) is 6. The highest BCUT2D eigenvalue weighted by atomic mass is 32.2. The average molecular weight is 375 g/mol. The Morgan fingerprint density at radius 1 is 1.38 bits per heavy atom. The fourth-order valence-corrected chi connectivity index (χ4v) is 3.54. The van der Waals surface area contributed by atoms with Crippen LogP contribution in [0.25, 0.3) is 10.9 Å². The third-order valence-corrected chi connectivity index (χ3v) is 5.37. The molecule has 3 rings (SSSR count). The molecule has 1 aromatic heterocycles. The zero-order valence-electron chi connectivity index (χ0n) is 14.7. The summed E-state index contributed by atoms with van der Waals surface area (Å²) >= 11 is 1.14. The fraction of sp³-hybridized carbons (Fsp3) is 0.444. The van der Waals surface area contributed by atoms with Gasteiger partial charge in [0.2, 0.25) is 5.91 Å². The van der Waals surface area contributed by atoms with Crippen molar-refractivity contribution in [1.29, 1.82) is 0 Å². The number of carbonyl (C=O) groups is 2. The van der Waals surface area contributed by atoms with Crippen molar-refractivity contribution in [3.63, 3.8) is 0 Å². The molecule has 1 saturated carbocycles. The first-order valence-electron chi connectivity index (χ1n) is 8.48. The predicted octanol–water partition coefficient (Wildman–Crippen LogP) is 1.58. The van der Waals surface area contributed by atoms with Gasteiger partial charge in [0.25, 0.3) is 5.56 Å². The summed E-state index contributed by atoms with van der Waals surface area (Å²) in [5.74, 6) is 0.0442. The van der Waals surface area contributed by atoms with Crippen LogP contribution < -0.4 is 10.9 Å². The number of benzene rings is 1. The topological polar surface area (TPSA) is 90.3 Å². The molecule has 138 valence electrons. The van der Waals surface area contributed by atoms with Crippen molar-refractivity contribution in [3.05, 3.63) is 34.6 Å². The van der Waals surface area contributed by atoms with Crippen LogP contribution in [0.5, 0.6) is 0 Å². The minimum absolute atomic E-state index is 0.110. The van der Waals surface area contributed by atoms with Crippen LogP contribution >= 0.6 is 11.8 Å². The summed E-state index contributed by atoms with van der Waals surface area (Å²) in [5, 5.41) is 3.72. The van der Waals surface area contributed by atoms with Crippen LogP contribution in [0.3, 0.4) is 0 Å². The molecule has 0 bridgehead atoms. The summed E-state index contributed by atoms with van der Waals surface area (Å²) in [5.41, 5.74) is 0.211. The predicted molar refractivity (Wildman–Crippen MR) is 99.1 cm³/mol. The second-order valence-corrected chi connectivity index (χ2v) is 7.30. The Kier molecular flexibility index (Phi) is 5.61. The largest absolute Gasteiger partial charge is 0.468 e. The quantitative estimate of drug-likeness (QED) is 0.449. The van der Waals surface area contributed by atoms with Gasteiger partial charge < -0.3 is 10.1 Å². The van der Waals surface area contributed by atoms with Gasteiger partial charge in [-0.2, -0.15) is 0 Å². The molecule has 1 fully saturated rings. The highest BCUT2D eigenvalue weighted by molar-refractivity contribution is 7.99. The number of methoxy groups -OCH3 is 1. The Morgan fingerprint density at radius 3 is 2.81 bits per heavy atom. The van der Waals surface area contributed by atoms with E-state index in [1.807, 2.05) is 6.92 Å². The Bertz CT molecular complexity index is 892. The molecule has 7 nitrogen and oxygen atoms in total. The second kappa shape index (κ2) is 7.90. The molecule has 1 aromatic carbocycles. The van der Waals surface area contributed by atoms with E-state index >= 15 is 0 Å². The molecule has 0 spiro atoms. The first-order chi connectivity index (χ1) is 12.5. The van der Waals surface area contributed by atoms with Crippen LogP contribution in [0, 0.1) is 5.92 Å². The normalized spacial score (nSPS) is 14.8. The molecule has 1 atom stereocenters. The van der Waals surface area contributed by atoms with Gasteiger partial charge >= 0.3 is 5.97 Å². The van der Waals surface area contributed by atoms with E-state index in [2.05, 4.69) is 15.0 Å². The Balaban J connectivity index is 1.82. The van der Waals surface area contributed by atoms with Crippen molar-refractivity contribution < 1.29 is 14.3 Å². The van der Waals surface area contributed by atoms with Crippen LogP contribution in [0.4, 0.5) is 0 Å². The number of nitrogens with one attached hydrogen (secondary N) is 1. The van der Waals surface area contributed by atoms with Crippen molar-refractivity contribution in [3.8, 4) is 0 Å². The lowest BCUT2D eigenvalue weighted by Crippen LogP contribution is -2.35. The smallest absolute Gasteiger partial charge is 0.325 e. The summed E-state index contributed by atoms with van der Waals surface area (Å²) in [7, 11) is 1.27. The molecular weight excluding hydrogens is 354 g/mol. The molecule has 1 heterocycles. The van der Waals surface area contributed by atoms with Gasteiger partial charge in [0.05, 0.1) is 23.8 Å². The number of thioether (sulfide) groups is 1. The lowest BCUT2D eigenvalue weighted by molar-refractivity contribution is -0.141. The monoisotopic (exact) mass is 375 g/mol. The maximum absolute atomic E-state index is 12.7. The molecule has 2 aromatic rings. The van der Waals surface area contributed by atoms with Gasteiger partial charge in [-0.1, -0.05) is 23.9 Å². The minimum Gasteiger partial charge on any atom is -0.468 e. The van der Waals surface area contributed by atoms with Crippen LogP contribution in [0.2, 0.25) is 0 Å². The van der Waals surface area contributed by atoms with Crippen molar-refractivity contribution >= 4 is 34.5 Å². The van der Waals surface area contributed by atoms with Crippen LogP contribution in [0.1, 0.15) is 19.8 Å². The number of nitrogens with zero attached hydrogens (tertiary/aromatic N) is 2. The Labute approximate surface area is 155 Å². The molecular formula is C18H21N3O4S. The number of fused-ring (bicyclic) bond motifs is 1. The van der Waals surface area contributed by atoms with E-state index in [0.717, 1.165) is 24.6 Å². The van der Waals surface area contributed by atoms with Crippen LogP contribution in [-0.2, 0) is 20.9 Å². The first kappa shape index (κ1) is 18.4. The van der Waals surface area contributed by atoms with E-state index in [0.29, 0.717) is 22.0 Å². The van der Waals surface area contributed by atoms with E-state index in [1.165, 1.54) is 11.7 Å². The zero-order valence-corrected chi connectivity index (χ0v) is 15.5. The van der Waals surface area contributed by atoms with Gasteiger partial charge in [0.1, 0.15) is 6.54 Å². The third-order valence-electron chi connectivity index (χ3n) is 4.39. The SMILES string of the molecule is COC(=O)Cn1c(SCC(=O)N[C@@H](C)C2CC2)nc2ccccc2c1=O. The van der Waals surface area contributed by atoms with Crippen LogP contribution in [0.15, 0.2) is 34.2 Å². The first-order valence-corrected chi connectivity index (χ1v) is 9.46. The third kappa shape index (κ3) is 4.24. The molecule has 1 aliphatic rings. The number of amides is 1. The van der Waals surface area contributed by atoms with Gasteiger partial charge in [-0.15, -0.1) is 0 Å². The highest BCUT2D eigenvalue weighted by Gasteiger charge is 2.28. The van der Waals surface area contributed by atoms with Crippen LogP contribution in [-0.4, -0.2) is 40.3 Å². The second-order valence-electron chi connectivity index (χ2n) is 6.36. The standard InChI is InChI=1S/C18H21N3O4S/c1-11(12-7-8-12)19-15(22)10-26-18-20-14-6-4-3-5-13(14)17(24)21(18)9-16(23)25-2/h3-6,11-12H,7-10H2,1-2H3,(H,19,22)/t11-/m0/s1.